The highest BCUT2D eigenvalue weighted by Gasteiger charge is 2.76. The molecule has 1 aromatic heterocycles. The lowest BCUT2D eigenvalue weighted by Crippen LogP contribution is -2.52. The summed E-state index contributed by atoms with van der Waals surface area (Å²) in [6.45, 7) is 7.98. The molecule has 1 N–H and O–H groups in total. The van der Waals surface area contributed by atoms with Crippen molar-refractivity contribution in [2.24, 2.45) is 0 Å². The minimum atomic E-state index is -0.586. The molecule has 5 aliphatic rings. The summed E-state index contributed by atoms with van der Waals surface area (Å²) < 4.78 is 5.99. The number of likely N-dealkylation sites (tertiary alicyclic amines) is 1. The third-order valence-electron chi connectivity index (χ3n) is 26.8. The smallest absolute Gasteiger partial charge is 0.407 e. The van der Waals surface area contributed by atoms with Crippen molar-refractivity contribution in [1.29, 1.82) is 0 Å². The first kappa shape index (κ1) is 31.9. The lowest BCUT2D eigenvalue weighted by Gasteiger charge is -2.52. The van der Waals surface area contributed by atoms with Crippen LogP contribution in [0.4, 0.5) is 4.79 Å². The number of pyridine rings is 1. The third kappa shape index (κ3) is 1.90. The average Bonchev–Trinajstić information content (AvgIpc) is 1.62. The molecule has 1 atom stereocenters. The molecule has 1 aliphatic heterocycles. The number of carbonyl (C=O) groups excluding carboxylic acids is 1. The largest absolute Gasteiger partial charge is 0.444 e. The summed E-state index contributed by atoms with van der Waals surface area (Å²) in [5.74, 6) is 0. The zero-order chi connectivity index (χ0) is 48.4. The van der Waals surface area contributed by atoms with Crippen LogP contribution >= 0.6 is 0 Å². The quantitative estimate of drug-likeness (QED) is 0.179. The first-order valence-electron chi connectivity index (χ1n) is 29.3. The van der Waals surface area contributed by atoms with Gasteiger partial charge in [-0.1, -0.05) is 6.07 Å². The Bertz CT molecular complexity index is 7510. The predicted octanol–water partition coefficient (Wildman–Crippen LogP) is 18.3. The Morgan fingerprint density at radius 3 is 0.962 bits per heavy atom. The monoisotopic (exact) mass is 983 g/mol. The number of benzene rings is 18. The van der Waals surface area contributed by atoms with E-state index < -0.39 is 16.4 Å². The van der Waals surface area contributed by atoms with Gasteiger partial charge in [0.15, 0.2) is 0 Å². The van der Waals surface area contributed by atoms with E-state index in [1.165, 1.54) is 5.56 Å². The fraction of sp³-hybridized carbons (Fsp3) is 0.135. The van der Waals surface area contributed by atoms with Crippen molar-refractivity contribution >= 4 is 297 Å². The van der Waals surface area contributed by atoms with Crippen LogP contribution in [0.1, 0.15) is 54.6 Å². The van der Waals surface area contributed by atoms with Crippen molar-refractivity contribution in [2.45, 2.75) is 43.2 Å². The maximum Gasteiger partial charge on any atom is 0.407 e. The van der Waals surface area contributed by atoms with Crippen molar-refractivity contribution < 1.29 is 9.53 Å². The minimum Gasteiger partial charge on any atom is -0.444 e. The minimum absolute atomic E-state index is 0.0580. The van der Waals surface area contributed by atoms with Crippen LogP contribution < -0.4 is 5.32 Å². The number of alkyl carbamates (subject to hydrolysis) is 1. The molecular formula is C74H21N3O2. The zero-order valence-corrected chi connectivity index (χ0v) is 41.7. The van der Waals surface area contributed by atoms with Gasteiger partial charge in [0.05, 0.1) is 16.9 Å². The molecule has 29 aromatic rings. The van der Waals surface area contributed by atoms with Gasteiger partial charge in [-0.2, -0.15) is 0 Å². The van der Waals surface area contributed by atoms with Gasteiger partial charge >= 0.3 is 6.09 Å². The number of nitrogens with one attached hydrogen (secondary N) is 1. The maximum atomic E-state index is 13.8. The van der Waals surface area contributed by atoms with Crippen LogP contribution in [0.15, 0.2) is 24.5 Å². The number of nitrogens with zero attached hydrogens (tertiary/aromatic N) is 2. The second-order valence-electron chi connectivity index (χ2n) is 29.1. The maximum absolute atomic E-state index is 13.8. The molecular weight excluding hydrogens is 963 g/mol. The van der Waals surface area contributed by atoms with Crippen LogP contribution in [0.5, 0.6) is 0 Å². The first-order chi connectivity index (χ1) is 38.9. The topological polar surface area (TPSA) is 54.5 Å². The lowest BCUT2D eigenvalue weighted by molar-refractivity contribution is 0.0520. The Morgan fingerprint density at radius 1 is 0.443 bits per heavy atom. The average molecular weight is 984 g/mol. The molecule has 1 fully saturated rings. The molecule has 34 rings (SSSR count). The fourth-order valence-electron chi connectivity index (χ4n) is 26.7. The van der Waals surface area contributed by atoms with Gasteiger partial charge in [-0.25, -0.2) is 4.79 Å². The van der Waals surface area contributed by atoms with Crippen molar-refractivity contribution in [1.82, 2.24) is 15.2 Å². The van der Waals surface area contributed by atoms with Crippen LogP contribution in [0.3, 0.4) is 0 Å². The predicted molar refractivity (Wildman–Crippen MR) is 327 cm³/mol. The van der Waals surface area contributed by atoms with Crippen LogP contribution in [0.25, 0.3) is 291 Å². The number of carbonyl (C=O) groups is 1. The van der Waals surface area contributed by atoms with E-state index in [0.717, 1.165) is 6.54 Å². The van der Waals surface area contributed by atoms with Gasteiger partial charge in [0, 0.05) is 32.0 Å². The Kier molecular flexibility index (Phi) is 3.05. The number of ether oxygens (including phenoxy) is 1. The van der Waals surface area contributed by atoms with Gasteiger partial charge in [-0.15, -0.1) is 0 Å². The van der Waals surface area contributed by atoms with Crippen LogP contribution in [-0.4, -0.2) is 41.2 Å². The van der Waals surface area contributed by atoms with Crippen molar-refractivity contribution in [3.63, 3.8) is 0 Å². The second kappa shape index (κ2) is 7.55. The van der Waals surface area contributed by atoms with E-state index in [1.807, 2.05) is 27.0 Å². The summed E-state index contributed by atoms with van der Waals surface area (Å²) in [5, 5.41) is 90.8. The van der Waals surface area contributed by atoms with Gasteiger partial charge in [-0.05, 0) is 346 Å². The van der Waals surface area contributed by atoms with Crippen LogP contribution in [-0.2, 0) is 15.6 Å². The SMILES string of the molecule is CC(C)(C)OC(=O)NCCN1CC23c4c5c6c7c8c9c(c%10c%11c2c2c4c4c%12c5c5c6c6c8c8c%13c9c9c%10c%10c%11c%11c2c2c4c4c%12c%12c5c5c6c8c6c8c%13c9c9c%10c%10c%11c2c2c4c4c%12c5c6c5c8c9c%10c2c45)C73C1c1cccnc1. The number of amides is 1. The summed E-state index contributed by atoms with van der Waals surface area (Å²) >= 11 is 0. The zero-order valence-electron chi connectivity index (χ0n) is 41.7. The van der Waals surface area contributed by atoms with Gasteiger partial charge < -0.3 is 10.1 Å². The standard InChI is InChI=1S/C74H21N3O2/c1-72(2,3)79-71(78)76-7-8-77-10-73-66-58-50-40-30-22-14-12-13-16-20-18(14)26-34-28(20)38-32-24(16)25-17(13)21-19-15(12)23(22)31-37-27(19)35-29(21)39-33(25)43-42(32)54-48(38)56-46(34)52(44(50)36(26)30)60(66)62(56)68-64(54)65-55(43)49(39)57-47(35)53-45(37)51(41(31)40)59(58)67(73)61(53)63(57)69(65)74(68,73)70(77)11-5-4-6-75-9-11/h4-6,9,70H,7-8,10H2,1-3H3,(H,76,78). The van der Waals surface area contributed by atoms with Crippen molar-refractivity contribution in [3.05, 3.63) is 52.3 Å². The molecule has 0 saturated carbocycles. The normalized spacial score (nSPS) is 22.6. The molecule has 1 saturated heterocycles. The molecule has 4 aliphatic carbocycles. The Labute approximate surface area is 434 Å². The number of rotatable bonds is 4. The van der Waals surface area contributed by atoms with E-state index in [9.17, 15) is 4.79 Å². The molecule has 344 valence electrons. The summed E-state index contributed by atoms with van der Waals surface area (Å²) in [5.41, 5.74) is 6.49. The highest BCUT2D eigenvalue weighted by Crippen LogP contribution is 2.87. The Balaban J connectivity index is 1.01. The van der Waals surface area contributed by atoms with Crippen LogP contribution in [0.2, 0.25) is 0 Å². The summed E-state index contributed by atoms with van der Waals surface area (Å²) in [4.78, 5) is 21.8. The van der Waals surface area contributed by atoms with Gasteiger partial charge in [-0.3, -0.25) is 9.88 Å². The summed E-state index contributed by atoms with van der Waals surface area (Å²) in [7, 11) is 0. The van der Waals surface area contributed by atoms with Crippen LogP contribution in [0, 0.1) is 0 Å². The number of aromatic nitrogens is 1. The number of hydrogen-bond acceptors (Lipinski definition) is 4. The molecule has 0 radical (unpaired) electrons. The molecule has 2 spiro atoms. The molecule has 5 heteroatoms. The van der Waals surface area contributed by atoms with E-state index >= 15 is 0 Å². The van der Waals surface area contributed by atoms with Gasteiger partial charge in [0.25, 0.3) is 0 Å². The highest BCUT2D eigenvalue weighted by atomic mass is 16.6. The van der Waals surface area contributed by atoms with Gasteiger partial charge in [0.2, 0.25) is 0 Å². The van der Waals surface area contributed by atoms with E-state index in [-0.39, 0.29) is 12.1 Å². The fourth-order valence-corrected chi connectivity index (χ4v) is 26.7. The molecule has 0 bridgehead atoms. The Morgan fingerprint density at radius 2 is 0.709 bits per heavy atom. The molecule has 1 amide bonds. The Hall–Kier alpha value is -9.16. The molecule has 28 aromatic carbocycles. The van der Waals surface area contributed by atoms with Crippen molar-refractivity contribution in [2.75, 3.05) is 19.6 Å². The van der Waals surface area contributed by atoms with E-state index in [4.69, 9.17) is 9.72 Å². The number of hydrogen-bond donors (Lipinski definition) is 1. The highest BCUT2D eigenvalue weighted by molar-refractivity contribution is 6.82. The van der Waals surface area contributed by atoms with E-state index in [1.54, 1.807) is 313 Å². The van der Waals surface area contributed by atoms with Gasteiger partial charge in [0.1, 0.15) is 5.60 Å². The first-order valence-corrected chi connectivity index (χ1v) is 29.3. The van der Waals surface area contributed by atoms with E-state index in [0.29, 0.717) is 13.1 Å². The molecule has 2 heterocycles. The van der Waals surface area contributed by atoms with E-state index in [2.05, 4.69) is 28.5 Å². The summed E-state index contributed by atoms with van der Waals surface area (Å²) in [6, 6.07) is 4.61. The third-order valence-corrected chi connectivity index (χ3v) is 26.8. The molecule has 5 nitrogen and oxygen atoms in total. The van der Waals surface area contributed by atoms with Crippen molar-refractivity contribution in [3.8, 4) is 0 Å². The second-order valence-corrected chi connectivity index (χ2v) is 29.1. The molecule has 1 unspecified atom stereocenters. The molecule has 79 heavy (non-hydrogen) atoms. The lowest BCUT2D eigenvalue weighted by atomic mass is 9.47. The summed E-state index contributed by atoms with van der Waals surface area (Å²) in [6.07, 6.45) is 3.91.